The maximum absolute atomic E-state index is 12.5. The van der Waals surface area contributed by atoms with Crippen LogP contribution >= 0.6 is 11.6 Å². The van der Waals surface area contributed by atoms with Gasteiger partial charge in [-0.25, -0.2) is 0 Å². The molecule has 4 heteroatoms. The van der Waals surface area contributed by atoms with Crippen LogP contribution in [-0.2, 0) is 0 Å². The Hall–Kier alpha value is -1.22. The van der Waals surface area contributed by atoms with Crippen molar-refractivity contribution in [1.82, 2.24) is 5.32 Å². The predicted molar refractivity (Wildman–Crippen MR) is 89.1 cm³/mol. The number of amides is 1. The van der Waals surface area contributed by atoms with Crippen LogP contribution in [0.5, 0.6) is 0 Å². The monoisotopic (exact) mass is 308 g/mol. The van der Waals surface area contributed by atoms with Gasteiger partial charge in [0.25, 0.3) is 5.91 Å². The third kappa shape index (κ3) is 4.37. The first-order valence-electron chi connectivity index (χ1n) is 7.96. The lowest BCUT2D eigenvalue weighted by molar-refractivity contribution is 0.0920. The van der Waals surface area contributed by atoms with Gasteiger partial charge in [-0.3, -0.25) is 4.79 Å². The highest BCUT2D eigenvalue weighted by atomic mass is 35.5. The smallest absolute Gasteiger partial charge is 0.253 e. The molecule has 1 fully saturated rings. The Morgan fingerprint density at radius 3 is 2.71 bits per heavy atom. The summed E-state index contributed by atoms with van der Waals surface area (Å²) in [5, 5.41) is 6.96. The van der Waals surface area contributed by atoms with Crippen molar-refractivity contribution in [2.24, 2.45) is 5.92 Å². The van der Waals surface area contributed by atoms with Gasteiger partial charge in [-0.05, 0) is 50.8 Å². The molecule has 1 saturated carbocycles. The number of carbonyl (C=O) groups excluding carboxylic acids is 1. The Morgan fingerprint density at radius 2 is 2.05 bits per heavy atom. The van der Waals surface area contributed by atoms with Crippen molar-refractivity contribution in [3.8, 4) is 0 Å². The van der Waals surface area contributed by atoms with Gasteiger partial charge in [0.15, 0.2) is 0 Å². The number of anilines is 1. The van der Waals surface area contributed by atoms with Gasteiger partial charge in [-0.15, -0.1) is 0 Å². The number of carbonyl (C=O) groups is 1. The minimum atomic E-state index is -0.0356. The highest BCUT2D eigenvalue weighted by molar-refractivity contribution is 6.31. The number of rotatable bonds is 5. The number of hydrogen-bond donors (Lipinski definition) is 2. The lowest BCUT2D eigenvalue weighted by Gasteiger charge is -2.28. The molecule has 0 heterocycles. The van der Waals surface area contributed by atoms with E-state index in [-0.39, 0.29) is 11.9 Å². The second-order valence-electron chi connectivity index (χ2n) is 5.88. The summed E-state index contributed by atoms with van der Waals surface area (Å²) in [6.45, 7) is 4.91. The van der Waals surface area contributed by atoms with Gasteiger partial charge in [0.05, 0.1) is 5.56 Å². The summed E-state index contributed by atoms with van der Waals surface area (Å²) in [5.74, 6) is 0.566. The van der Waals surface area contributed by atoms with E-state index in [0.717, 1.165) is 12.2 Å². The van der Waals surface area contributed by atoms with Crippen molar-refractivity contribution < 1.29 is 4.79 Å². The summed E-state index contributed by atoms with van der Waals surface area (Å²) >= 11 is 6.04. The number of hydrogen-bond acceptors (Lipinski definition) is 2. The van der Waals surface area contributed by atoms with Crippen LogP contribution in [0.2, 0.25) is 5.02 Å². The fraction of sp³-hybridized carbons (Fsp3) is 0.588. The zero-order valence-corrected chi connectivity index (χ0v) is 13.7. The summed E-state index contributed by atoms with van der Waals surface area (Å²) in [4.78, 5) is 12.5. The van der Waals surface area contributed by atoms with E-state index in [0.29, 0.717) is 16.5 Å². The van der Waals surface area contributed by atoms with Crippen LogP contribution in [-0.4, -0.2) is 18.5 Å². The van der Waals surface area contributed by atoms with Gasteiger partial charge >= 0.3 is 0 Å². The molecular weight excluding hydrogens is 284 g/mol. The van der Waals surface area contributed by atoms with E-state index in [1.807, 2.05) is 13.0 Å². The molecule has 1 unspecified atom stereocenters. The van der Waals surface area contributed by atoms with Crippen LogP contribution in [0.3, 0.4) is 0 Å². The Balaban J connectivity index is 2.06. The lowest BCUT2D eigenvalue weighted by atomic mass is 9.84. The SMILES string of the molecule is CCNc1ccc(Cl)cc1C(=O)NC(C)C1CCCCC1. The Bertz CT molecular complexity index is 484. The van der Waals surface area contributed by atoms with Crippen LogP contribution in [0.4, 0.5) is 5.69 Å². The van der Waals surface area contributed by atoms with E-state index in [1.165, 1.54) is 32.1 Å². The van der Waals surface area contributed by atoms with Crippen molar-refractivity contribution in [2.45, 2.75) is 52.0 Å². The summed E-state index contributed by atoms with van der Waals surface area (Å²) in [6.07, 6.45) is 6.33. The fourth-order valence-corrected chi connectivity index (χ4v) is 3.26. The van der Waals surface area contributed by atoms with E-state index in [4.69, 9.17) is 11.6 Å². The Morgan fingerprint density at radius 1 is 1.33 bits per heavy atom. The molecule has 2 rings (SSSR count). The second-order valence-corrected chi connectivity index (χ2v) is 6.32. The summed E-state index contributed by atoms with van der Waals surface area (Å²) in [5.41, 5.74) is 1.47. The van der Waals surface area contributed by atoms with Crippen LogP contribution < -0.4 is 10.6 Å². The van der Waals surface area contributed by atoms with Crippen molar-refractivity contribution >= 4 is 23.2 Å². The van der Waals surface area contributed by atoms with Gasteiger partial charge in [0.2, 0.25) is 0 Å². The number of halogens is 1. The van der Waals surface area contributed by atoms with Crippen LogP contribution in [0.25, 0.3) is 0 Å². The number of benzene rings is 1. The maximum Gasteiger partial charge on any atom is 0.253 e. The summed E-state index contributed by atoms with van der Waals surface area (Å²) in [7, 11) is 0. The zero-order chi connectivity index (χ0) is 15.2. The first-order valence-corrected chi connectivity index (χ1v) is 8.34. The topological polar surface area (TPSA) is 41.1 Å². The fourth-order valence-electron chi connectivity index (χ4n) is 3.09. The third-order valence-corrected chi connectivity index (χ3v) is 4.54. The molecule has 2 N–H and O–H groups in total. The average molecular weight is 309 g/mol. The summed E-state index contributed by atoms with van der Waals surface area (Å²) in [6, 6.07) is 5.63. The maximum atomic E-state index is 12.5. The highest BCUT2D eigenvalue weighted by Gasteiger charge is 2.22. The lowest BCUT2D eigenvalue weighted by Crippen LogP contribution is -2.39. The molecule has 0 aromatic heterocycles. The Kier molecular flexibility index (Phi) is 5.92. The normalized spacial score (nSPS) is 17.3. The van der Waals surface area contributed by atoms with Crippen molar-refractivity contribution in [1.29, 1.82) is 0 Å². The molecule has 1 aromatic carbocycles. The molecule has 1 aliphatic carbocycles. The van der Waals surface area contributed by atoms with E-state index >= 15 is 0 Å². The third-order valence-electron chi connectivity index (χ3n) is 4.31. The number of nitrogens with one attached hydrogen (secondary N) is 2. The quantitative estimate of drug-likeness (QED) is 0.842. The molecular formula is C17H25ClN2O. The molecule has 0 spiro atoms. The predicted octanol–water partition coefficient (Wildman–Crippen LogP) is 4.47. The molecule has 0 saturated heterocycles. The molecule has 0 bridgehead atoms. The van der Waals surface area contributed by atoms with Gasteiger partial charge in [-0.2, -0.15) is 0 Å². The van der Waals surface area contributed by atoms with E-state index in [9.17, 15) is 4.79 Å². The highest BCUT2D eigenvalue weighted by Crippen LogP contribution is 2.27. The van der Waals surface area contributed by atoms with Gasteiger partial charge < -0.3 is 10.6 Å². The van der Waals surface area contributed by atoms with Crippen molar-refractivity contribution in [3.63, 3.8) is 0 Å². The Labute approximate surface area is 132 Å². The standard InChI is InChI=1S/C17H25ClN2O/c1-3-19-16-10-9-14(18)11-15(16)17(21)20-12(2)13-7-5-4-6-8-13/h9-13,19H,3-8H2,1-2H3,(H,20,21). The first-order chi connectivity index (χ1) is 10.1. The van der Waals surface area contributed by atoms with E-state index in [2.05, 4.69) is 17.6 Å². The van der Waals surface area contributed by atoms with Crippen LogP contribution in [0.1, 0.15) is 56.3 Å². The molecule has 1 aromatic rings. The molecule has 21 heavy (non-hydrogen) atoms. The van der Waals surface area contributed by atoms with E-state index < -0.39 is 0 Å². The van der Waals surface area contributed by atoms with Gasteiger partial charge in [-0.1, -0.05) is 30.9 Å². The van der Waals surface area contributed by atoms with Crippen molar-refractivity contribution in [3.05, 3.63) is 28.8 Å². The average Bonchev–Trinajstić information content (AvgIpc) is 2.50. The molecule has 1 amide bonds. The first kappa shape index (κ1) is 16.2. The molecule has 0 aliphatic heterocycles. The minimum absolute atomic E-state index is 0.0356. The second kappa shape index (κ2) is 7.69. The zero-order valence-electron chi connectivity index (χ0n) is 12.9. The largest absolute Gasteiger partial charge is 0.385 e. The van der Waals surface area contributed by atoms with Crippen LogP contribution in [0.15, 0.2) is 18.2 Å². The summed E-state index contributed by atoms with van der Waals surface area (Å²) < 4.78 is 0. The van der Waals surface area contributed by atoms with E-state index in [1.54, 1.807) is 12.1 Å². The molecule has 3 nitrogen and oxygen atoms in total. The minimum Gasteiger partial charge on any atom is -0.385 e. The molecule has 116 valence electrons. The van der Waals surface area contributed by atoms with Crippen LogP contribution in [0, 0.1) is 5.92 Å². The van der Waals surface area contributed by atoms with Gasteiger partial charge in [0, 0.05) is 23.3 Å². The molecule has 1 aliphatic rings. The van der Waals surface area contributed by atoms with Crippen molar-refractivity contribution in [2.75, 3.05) is 11.9 Å². The van der Waals surface area contributed by atoms with Gasteiger partial charge in [0.1, 0.15) is 0 Å². The molecule has 0 radical (unpaired) electrons. The molecule has 1 atom stereocenters.